The van der Waals surface area contributed by atoms with Crippen molar-refractivity contribution in [3.8, 4) is 0 Å². The van der Waals surface area contributed by atoms with E-state index in [1.54, 1.807) is 0 Å². The molecule has 0 spiro atoms. The summed E-state index contributed by atoms with van der Waals surface area (Å²) in [7, 11) is 3.92. The summed E-state index contributed by atoms with van der Waals surface area (Å²) in [4.78, 5) is 13.2. The molecule has 364 valence electrons. The highest BCUT2D eigenvalue weighted by atomic mass is 28.4. The van der Waals surface area contributed by atoms with E-state index in [4.69, 9.17) is 39.8 Å². The number of ketones is 1. The normalized spacial score (nSPS) is 17.2. The maximum absolute atomic E-state index is 15.0. The molecule has 0 N–H and O–H groups in total. The number of hydrogen-bond donors (Lipinski definition) is 0. The van der Waals surface area contributed by atoms with Crippen molar-refractivity contribution in [2.75, 3.05) is 83.8 Å². The lowest BCUT2D eigenvalue weighted by molar-refractivity contribution is -0.397. The molecular weight excluding hydrogens is 903 g/mol. The number of ether oxygens (including phenoxy) is 3. The van der Waals surface area contributed by atoms with Crippen molar-refractivity contribution in [1.82, 2.24) is 0 Å². The smallest absolute Gasteiger partial charge is 0.377 e. The average Bonchev–Trinajstić information content (AvgIpc) is 3.18. The van der Waals surface area contributed by atoms with Crippen molar-refractivity contribution in [2.24, 2.45) is 5.41 Å². The number of rotatable bonds is 37. The monoisotopic (exact) mass is 966 g/mol. The van der Waals surface area contributed by atoms with Gasteiger partial charge in [0.15, 0.2) is 0 Å². The van der Waals surface area contributed by atoms with Crippen LogP contribution in [-0.4, -0.2) is 152 Å². The highest BCUT2D eigenvalue weighted by Crippen LogP contribution is 2.45. The molecule has 0 amide bonds. The lowest BCUT2D eigenvalue weighted by Crippen LogP contribution is -2.48. The predicted molar refractivity (Wildman–Crippen MR) is 204 cm³/mol. The molecule has 0 aromatic carbocycles. The Morgan fingerprint density at radius 1 is 0.574 bits per heavy atom. The molecule has 1 aliphatic carbocycles. The van der Waals surface area contributed by atoms with E-state index in [9.17, 15) is 48.7 Å². The Morgan fingerprint density at radius 3 is 1.33 bits per heavy atom. The first-order valence-electron chi connectivity index (χ1n) is 19.5. The Hall–Kier alpha value is -0.859. The molecule has 0 bridgehead atoms. The number of alkyl halides is 10. The molecule has 0 radical (unpaired) electrons. The Bertz CT molecular complexity index is 1180. The fourth-order valence-electron chi connectivity index (χ4n) is 7.15. The summed E-state index contributed by atoms with van der Waals surface area (Å²) in [5, 5.41) is 0. The molecule has 1 saturated carbocycles. The Kier molecular flexibility index (Phi) is 24.0. The summed E-state index contributed by atoms with van der Waals surface area (Å²) < 4.78 is 203. The molecule has 0 aromatic heterocycles. The molecule has 1 unspecified atom stereocenters. The summed E-state index contributed by atoms with van der Waals surface area (Å²) in [6, 6.07) is 1.13. The van der Waals surface area contributed by atoms with Gasteiger partial charge >= 0.3 is 38.6 Å². The van der Waals surface area contributed by atoms with Crippen LogP contribution in [0.1, 0.15) is 77.0 Å². The minimum atomic E-state index is -5.26. The second-order valence-corrected chi connectivity index (χ2v) is 24.3. The lowest BCUT2D eigenvalue weighted by atomic mass is 9.72. The van der Waals surface area contributed by atoms with Crippen LogP contribution in [0.15, 0.2) is 0 Å². The van der Waals surface area contributed by atoms with Crippen LogP contribution in [0.5, 0.6) is 0 Å². The van der Waals surface area contributed by atoms with E-state index in [0.29, 0.717) is 56.7 Å². The zero-order chi connectivity index (χ0) is 46.9. The fourth-order valence-corrected chi connectivity index (χ4v) is 12.3. The molecule has 13 nitrogen and oxygen atoms in total. The molecule has 26 heteroatoms. The summed E-state index contributed by atoms with van der Waals surface area (Å²) in [5.41, 5.74) is -0.697. The fraction of sp³-hybridized carbons (Fsp3) is 0.971. The third kappa shape index (κ3) is 19.6. The number of carbonyl (C=O) groups is 1. The molecule has 1 atom stereocenters. The van der Waals surface area contributed by atoms with E-state index >= 15 is 0 Å². The third-order valence-corrected chi connectivity index (χ3v) is 19.3. The molecule has 1 aliphatic rings. The molecule has 0 saturated heterocycles. The summed E-state index contributed by atoms with van der Waals surface area (Å²) in [6.07, 6.45) is -14.9. The van der Waals surface area contributed by atoms with Gasteiger partial charge in [-0.2, -0.15) is 17.6 Å². The van der Waals surface area contributed by atoms with Crippen LogP contribution in [0.25, 0.3) is 0 Å². The van der Waals surface area contributed by atoms with Gasteiger partial charge < -0.3 is 49.3 Å². The van der Waals surface area contributed by atoms with E-state index in [2.05, 4.69) is 14.2 Å². The molecule has 1 rings (SSSR count). The zero-order valence-corrected chi connectivity index (χ0v) is 39.4. The first-order chi connectivity index (χ1) is 28.2. The van der Waals surface area contributed by atoms with Gasteiger partial charge in [-0.1, -0.05) is 0 Å². The van der Waals surface area contributed by atoms with Gasteiger partial charge in [-0.25, -0.2) is 26.3 Å². The van der Waals surface area contributed by atoms with Crippen LogP contribution in [0.3, 0.4) is 0 Å². The highest BCUT2D eigenvalue weighted by Gasteiger charge is 2.54. The molecular formula is C35H64F10O13Si3. The predicted octanol–water partition coefficient (Wildman–Crippen LogP) is 8.38. The highest BCUT2D eigenvalue weighted by molar-refractivity contribution is 6.61. The van der Waals surface area contributed by atoms with Gasteiger partial charge in [-0.3, -0.25) is 9.53 Å². The van der Waals surface area contributed by atoms with Gasteiger partial charge in [-0.05, 0) is 56.8 Å². The van der Waals surface area contributed by atoms with E-state index < -0.39 is 113 Å². The van der Waals surface area contributed by atoms with Crippen LogP contribution < -0.4 is 0 Å². The largest absolute Gasteiger partial charge is 0.500 e. The van der Waals surface area contributed by atoms with Crippen molar-refractivity contribution in [1.29, 1.82) is 0 Å². The van der Waals surface area contributed by atoms with Gasteiger partial charge in [0.1, 0.15) is 38.1 Å². The number of halogens is 10. The number of carbonyl (C=O) groups excluding carboxylic acids is 1. The Balaban J connectivity index is 3.10. The van der Waals surface area contributed by atoms with E-state index in [1.165, 1.54) is 64.0 Å². The van der Waals surface area contributed by atoms with Crippen LogP contribution in [0.4, 0.5) is 43.9 Å². The van der Waals surface area contributed by atoms with Crippen molar-refractivity contribution < 1.29 is 103 Å². The standard InChI is InChI=1S/C35H64F10O13Si3/c1-47-59(48-2,49-3)20-10-15-30(16-11-21-60(50-4,51-5)52-6,17-12-22-61(53-7,54-8)55-9)18-13-28(46)23-31(36,37)25-56-27-35(44,45)58-34(42,43)24-32(38,39)26-57-29-14-19-33(29,40)41/h29H,10-27H2,1-9H3. The van der Waals surface area contributed by atoms with E-state index in [-0.39, 0.29) is 19.3 Å². The molecule has 0 aliphatic heterocycles. The van der Waals surface area contributed by atoms with E-state index in [1.807, 2.05) is 0 Å². The SMILES string of the molecule is CO[Si](CCCC(CCC[Si](OC)(OC)OC)(CCC[Si](OC)(OC)OC)CCC(=O)CC(F)(F)COCC(F)(F)OC(F)(F)CC(F)(F)COC1CCC1(F)F)(OC)OC. The molecule has 61 heavy (non-hydrogen) atoms. The van der Waals surface area contributed by atoms with Crippen molar-refractivity contribution in [3.63, 3.8) is 0 Å². The Labute approximate surface area is 355 Å². The second-order valence-electron chi connectivity index (χ2n) is 15.0. The number of Topliss-reactive ketones (excluding diaryl/α,β-unsaturated/α-hetero) is 1. The first kappa shape index (κ1) is 58.2. The van der Waals surface area contributed by atoms with Crippen molar-refractivity contribution >= 4 is 32.2 Å². The second kappa shape index (κ2) is 25.2. The molecule has 0 heterocycles. The van der Waals surface area contributed by atoms with Crippen LogP contribution in [0.2, 0.25) is 18.1 Å². The van der Waals surface area contributed by atoms with Crippen LogP contribution >= 0.6 is 0 Å². The molecule has 0 aromatic rings. The average molecular weight is 967 g/mol. The van der Waals surface area contributed by atoms with Gasteiger partial charge in [0.05, 0.1) is 6.42 Å². The van der Waals surface area contributed by atoms with E-state index in [0.717, 1.165) is 0 Å². The minimum absolute atomic E-state index is 0.0903. The Morgan fingerprint density at radius 2 is 0.984 bits per heavy atom. The summed E-state index contributed by atoms with van der Waals surface area (Å²) >= 11 is 0. The van der Waals surface area contributed by atoms with Gasteiger partial charge in [0.2, 0.25) is 0 Å². The van der Waals surface area contributed by atoms with Crippen molar-refractivity contribution in [3.05, 3.63) is 0 Å². The van der Waals surface area contributed by atoms with Gasteiger partial charge in [-0.15, -0.1) is 0 Å². The van der Waals surface area contributed by atoms with Crippen LogP contribution in [0, 0.1) is 5.41 Å². The first-order valence-corrected chi connectivity index (χ1v) is 25.3. The maximum atomic E-state index is 15.0. The zero-order valence-electron chi connectivity index (χ0n) is 36.4. The maximum Gasteiger partial charge on any atom is 0.500 e. The topological polar surface area (TPSA) is 128 Å². The van der Waals surface area contributed by atoms with Crippen LogP contribution in [-0.2, 0) is 58.8 Å². The summed E-state index contributed by atoms with van der Waals surface area (Å²) in [5.74, 6) is -13.0. The van der Waals surface area contributed by atoms with Gasteiger partial charge in [0.25, 0.3) is 17.8 Å². The van der Waals surface area contributed by atoms with Crippen molar-refractivity contribution in [2.45, 2.75) is 131 Å². The lowest BCUT2D eigenvalue weighted by Gasteiger charge is -2.37. The quantitative estimate of drug-likeness (QED) is 0.0438. The number of hydrogen-bond acceptors (Lipinski definition) is 13. The third-order valence-electron chi connectivity index (χ3n) is 10.8. The summed E-state index contributed by atoms with van der Waals surface area (Å²) in [6.45, 7) is -5.98. The minimum Gasteiger partial charge on any atom is -0.377 e. The molecule has 1 fully saturated rings. The van der Waals surface area contributed by atoms with Gasteiger partial charge in [0, 0.05) is 95.0 Å².